The van der Waals surface area contributed by atoms with E-state index in [1.807, 2.05) is 18.2 Å². The minimum absolute atomic E-state index is 0.221. The standard InChI is InChI=1S/C24H24Cl2N2.C18H21BrN2.C6H5BCl2O2/c25-21-10-11-24(26)23(15-21)20-8-6-19(7-9-20)16-28-13-12-27-22(17-28)14-18-4-2-1-3-5-18;19-17-8-6-16(7-9-17)13-21-11-10-20-18(14-21)12-15-4-2-1-3-5-15;8-4-1-2-6(9)5(3-4)7(10)11/h1-11,15,22,27H,12-14,16-17H2;1-9,18,20H,10-14H2;1-3,10-11H/t22-;18-;/m00./s1. The molecule has 2 saturated heterocycles. The van der Waals surface area contributed by atoms with Crippen LogP contribution in [0, 0.1) is 0 Å². The van der Waals surface area contributed by atoms with Gasteiger partial charge < -0.3 is 20.7 Å². The third-order valence-electron chi connectivity index (χ3n) is 10.5. The summed E-state index contributed by atoms with van der Waals surface area (Å²) in [6.45, 7) is 8.51. The van der Waals surface area contributed by atoms with E-state index in [0.717, 1.165) is 85.8 Å². The number of nitrogens with one attached hydrogen (secondary N) is 2. The molecule has 2 aliphatic heterocycles. The van der Waals surface area contributed by atoms with E-state index in [0.29, 0.717) is 27.2 Å². The van der Waals surface area contributed by atoms with Crippen molar-refractivity contribution in [2.75, 3.05) is 39.3 Å². The number of benzene rings is 6. The highest BCUT2D eigenvalue weighted by Gasteiger charge is 2.21. The van der Waals surface area contributed by atoms with Crippen molar-refractivity contribution in [2.24, 2.45) is 0 Å². The Kier molecular flexibility index (Phi) is 18.4. The lowest BCUT2D eigenvalue weighted by Gasteiger charge is -2.34. The van der Waals surface area contributed by atoms with Crippen LogP contribution in [0.5, 0.6) is 0 Å². The molecule has 2 atom stereocenters. The molecule has 2 fully saturated rings. The SMILES string of the molecule is Brc1ccc(CN2CCN[C@@H](Cc3ccccc3)C2)cc1.Clc1ccc(Cl)c(-c2ccc(CN3CCN[C@@H](Cc4ccccc4)C3)cc2)c1.OB(O)c1cc(Cl)ccc1Cl. The molecule has 8 rings (SSSR count). The summed E-state index contributed by atoms with van der Waals surface area (Å²) in [5, 5.41) is 26.9. The van der Waals surface area contributed by atoms with Gasteiger partial charge in [0.15, 0.2) is 0 Å². The van der Waals surface area contributed by atoms with E-state index in [1.54, 1.807) is 6.07 Å². The summed E-state index contributed by atoms with van der Waals surface area (Å²) in [7, 11) is -1.57. The Hall–Kier alpha value is -3.22. The number of halogens is 5. The van der Waals surface area contributed by atoms with Crippen LogP contribution < -0.4 is 16.1 Å². The van der Waals surface area contributed by atoms with Crippen molar-refractivity contribution in [3.63, 3.8) is 0 Å². The van der Waals surface area contributed by atoms with Gasteiger partial charge in [0.1, 0.15) is 0 Å². The quantitative estimate of drug-likeness (QED) is 0.103. The molecule has 0 unspecified atom stereocenters. The van der Waals surface area contributed by atoms with Crippen molar-refractivity contribution >= 4 is 74.9 Å². The molecule has 0 amide bonds. The number of nitrogens with zero attached hydrogens (tertiary/aromatic N) is 2. The fourth-order valence-electron chi connectivity index (χ4n) is 7.47. The van der Waals surface area contributed by atoms with E-state index in [9.17, 15) is 0 Å². The van der Waals surface area contributed by atoms with E-state index in [1.165, 1.54) is 34.4 Å². The van der Waals surface area contributed by atoms with Crippen LogP contribution in [0.25, 0.3) is 11.1 Å². The highest BCUT2D eigenvalue weighted by molar-refractivity contribution is 9.10. The van der Waals surface area contributed by atoms with Gasteiger partial charge in [-0.05, 0) is 89.2 Å². The number of rotatable bonds is 10. The molecule has 6 aromatic carbocycles. The van der Waals surface area contributed by atoms with Crippen LogP contribution in [0.2, 0.25) is 20.1 Å². The smallest absolute Gasteiger partial charge is 0.423 e. The van der Waals surface area contributed by atoms with Gasteiger partial charge in [-0.3, -0.25) is 9.80 Å². The van der Waals surface area contributed by atoms with Gasteiger partial charge in [-0.25, -0.2) is 0 Å². The molecule has 60 heavy (non-hydrogen) atoms. The Labute approximate surface area is 383 Å². The van der Waals surface area contributed by atoms with E-state index in [2.05, 4.69) is 146 Å². The Balaban J connectivity index is 0.000000166. The third kappa shape index (κ3) is 15.0. The third-order valence-corrected chi connectivity index (χ3v) is 12.2. The highest BCUT2D eigenvalue weighted by atomic mass is 79.9. The monoisotopic (exact) mass is 944 g/mol. The molecule has 312 valence electrons. The summed E-state index contributed by atoms with van der Waals surface area (Å²) in [6.07, 6.45) is 2.18. The summed E-state index contributed by atoms with van der Waals surface area (Å²) in [6, 6.07) is 49.9. The first kappa shape index (κ1) is 46.3. The van der Waals surface area contributed by atoms with Crippen molar-refractivity contribution in [2.45, 2.75) is 38.0 Å². The Morgan fingerprint density at radius 2 is 1.02 bits per heavy atom. The lowest BCUT2D eigenvalue weighted by atomic mass is 9.80. The molecule has 12 heteroatoms. The van der Waals surface area contributed by atoms with Gasteiger partial charge in [0.25, 0.3) is 0 Å². The average molecular weight is 947 g/mol. The zero-order valence-corrected chi connectivity index (χ0v) is 37.9. The predicted molar refractivity (Wildman–Crippen MR) is 257 cm³/mol. The number of hydrogen-bond acceptors (Lipinski definition) is 6. The Morgan fingerprint density at radius 3 is 1.50 bits per heavy atom. The number of piperazine rings is 2. The molecule has 0 radical (unpaired) electrons. The second-order valence-corrected chi connectivity index (χ2v) is 17.7. The van der Waals surface area contributed by atoms with Crippen LogP contribution in [0.4, 0.5) is 0 Å². The van der Waals surface area contributed by atoms with Crippen molar-refractivity contribution in [1.82, 2.24) is 20.4 Å². The minimum atomic E-state index is -1.57. The summed E-state index contributed by atoms with van der Waals surface area (Å²) in [4.78, 5) is 5.08. The lowest BCUT2D eigenvalue weighted by Crippen LogP contribution is -2.51. The molecule has 4 N–H and O–H groups in total. The van der Waals surface area contributed by atoms with Crippen LogP contribution >= 0.6 is 62.3 Å². The zero-order valence-electron chi connectivity index (χ0n) is 33.3. The van der Waals surface area contributed by atoms with Crippen molar-refractivity contribution in [3.05, 3.63) is 192 Å². The maximum Gasteiger partial charge on any atom is 0.490 e. The van der Waals surface area contributed by atoms with Crippen LogP contribution in [0.15, 0.2) is 150 Å². The van der Waals surface area contributed by atoms with E-state index in [-0.39, 0.29) is 5.46 Å². The predicted octanol–water partition coefficient (Wildman–Crippen LogP) is 9.82. The molecule has 2 aliphatic rings. The van der Waals surface area contributed by atoms with Crippen molar-refractivity contribution in [3.8, 4) is 11.1 Å². The summed E-state index contributed by atoms with van der Waals surface area (Å²) < 4.78 is 1.15. The van der Waals surface area contributed by atoms with Gasteiger partial charge in [-0.2, -0.15) is 0 Å². The lowest BCUT2D eigenvalue weighted by molar-refractivity contribution is 0.192. The molecular formula is C48H50BBrCl4N4O2. The molecule has 6 nitrogen and oxygen atoms in total. The fraction of sp³-hybridized carbons (Fsp3) is 0.250. The summed E-state index contributed by atoms with van der Waals surface area (Å²) in [5.74, 6) is 0. The molecule has 0 aromatic heterocycles. The van der Waals surface area contributed by atoms with Crippen molar-refractivity contribution < 1.29 is 10.0 Å². The van der Waals surface area contributed by atoms with Crippen LogP contribution in [-0.4, -0.2) is 78.3 Å². The van der Waals surface area contributed by atoms with Gasteiger partial charge >= 0.3 is 7.12 Å². The van der Waals surface area contributed by atoms with E-state index in [4.69, 9.17) is 56.5 Å². The first-order valence-corrected chi connectivity index (χ1v) is 22.5. The second kappa shape index (κ2) is 23.9. The average Bonchev–Trinajstić information content (AvgIpc) is 3.25. The Morgan fingerprint density at radius 1 is 0.550 bits per heavy atom. The fourth-order valence-corrected chi connectivity index (χ4v) is 8.53. The van der Waals surface area contributed by atoms with Crippen LogP contribution in [0.1, 0.15) is 22.3 Å². The Bertz CT molecular complexity index is 2210. The van der Waals surface area contributed by atoms with Crippen LogP contribution in [-0.2, 0) is 25.9 Å². The molecule has 6 aromatic rings. The van der Waals surface area contributed by atoms with Crippen molar-refractivity contribution in [1.29, 1.82) is 0 Å². The first-order valence-electron chi connectivity index (χ1n) is 20.2. The summed E-state index contributed by atoms with van der Waals surface area (Å²) >= 11 is 27.1. The molecule has 0 spiro atoms. The normalized spacial score (nSPS) is 16.9. The summed E-state index contributed by atoms with van der Waals surface area (Å²) in [5.41, 5.74) is 7.81. The second-order valence-electron chi connectivity index (χ2n) is 15.1. The molecular weight excluding hydrogens is 897 g/mol. The van der Waals surface area contributed by atoms with Gasteiger partial charge in [0.05, 0.1) is 0 Å². The van der Waals surface area contributed by atoms with Gasteiger partial charge in [0.2, 0.25) is 0 Å². The van der Waals surface area contributed by atoms with Gasteiger partial charge in [-0.15, -0.1) is 0 Å². The van der Waals surface area contributed by atoms with E-state index >= 15 is 0 Å². The zero-order chi connectivity index (χ0) is 42.3. The maximum absolute atomic E-state index is 8.74. The van der Waals surface area contributed by atoms with Gasteiger partial charge in [0, 0.05) is 100 Å². The molecule has 0 bridgehead atoms. The number of hydrogen-bond donors (Lipinski definition) is 4. The maximum atomic E-state index is 8.74. The van der Waals surface area contributed by atoms with Gasteiger partial charge in [-0.1, -0.05) is 159 Å². The molecule has 0 saturated carbocycles. The highest BCUT2D eigenvalue weighted by Crippen LogP contribution is 2.31. The molecule has 2 heterocycles. The molecule has 0 aliphatic carbocycles. The van der Waals surface area contributed by atoms with E-state index < -0.39 is 7.12 Å². The van der Waals surface area contributed by atoms with Crippen LogP contribution in [0.3, 0.4) is 0 Å². The largest absolute Gasteiger partial charge is 0.490 e. The first-order chi connectivity index (χ1) is 29.1. The topological polar surface area (TPSA) is 71.0 Å². The minimum Gasteiger partial charge on any atom is -0.423 e.